The standard InChI is InChI=1S/C22H35N3O2/c1-4-22(8-6-5-7-9-22)21(26)24-20-14-18(19(15-23-20)17(2)3)16-25-10-12-27-13-11-25/h14-15,17H,4-13,16H2,1-3H3,(H,23,24,26). The maximum Gasteiger partial charge on any atom is 0.231 e. The van der Waals surface area contributed by atoms with Gasteiger partial charge in [-0.1, -0.05) is 40.0 Å². The van der Waals surface area contributed by atoms with E-state index in [9.17, 15) is 4.79 Å². The van der Waals surface area contributed by atoms with E-state index >= 15 is 0 Å². The molecular weight excluding hydrogens is 338 g/mol. The Morgan fingerprint density at radius 2 is 1.96 bits per heavy atom. The molecule has 2 aliphatic rings. The van der Waals surface area contributed by atoms with Crippen molar-refractivity contribution in [1.29, 1.82) is 0 Å². The summed E-state index contributed by atoms with van der Waals surface area (Å²) in [4.78, 5) is 20.1. The summed E-state index contributed by atoms with van der Waals surface area (Å²) in [6.45, 7) is 10.9. The average Bonchev–Trinajstić information content (AvgIpc) is 2.69. The SMILES string of the molecule is CCC1(C(=O)Nc2cc(CN3CCOCC3)c(C(C)C)cn2)CCCCC1. The van der Waals surface area contributed by atoms with E-state index in [1.54, 1.807) is 0 Å². The van der Waals surface area contributed by atoms with Gasteiger partial charge in [-0.3, -0.25) is 9.69 Å². The topological polar surface area (TPSA) is 54.5 Å². The van der Waals surface area contributed by atoms with Gasteiger partial charge in [0, 0.05) is 31.2 Å². The number of pyridine rings is 1. The Labute approximate surface area is 163 Å². The van der Waals surface area contributed by atoms with Crippen molar-refractivity contribution in [3.05, 3.63) is 23.4 Å². The molecule has 1 amide bonds. The van der Waals surface area contributed by atoms with Crippen molar-refractivity contribution in [3.63, 3.8) is 0 Å². The van der Waals surface area contributed by atoms with Crippen molar-refractivity contribution in [3.8, 4) is 0 Å². The first-order valence-electron chi connectivity index (χ1n) is 10.6. The zero-order chi connectivity index (χ0) is 19.3. The van der Waals surface area contributed by atoms with E-state index in [1.165, 1.54) is 17.5 Å². The van der Waals surface area contributed by atoms with Crippen LogP contribution in [0.5, 0.6) is 0 Å². The summed E-state index contributed by atoms with van der Waals surface area (Å²) < 4.78 is 5.47. The minimum atomic E-state index is -0.207. The van der Waals surface area contributed by atoms with Crippen LogP contribution < -0.4 is 5.32 Å². The molecule has 2 fully saturated rings. The van der Waals surface area contributed by atoms with Gasteiger partial charge in [0.2, 0.25) is 5.91 Å². The summed E-state index contributed by atoms with van der Waals surface area (Å²) >= 11 is 0. The number of rotatable bonds is 6. The van der Waals surface area contributed by atoms with Gasteiger partial charge >= 0.3 is 0 Å². The van der Waals surface area contributed by atoms with E-state index in [1.807, 2.05) is 6.20 Å². The lowest BCUT2D eigenvalue weighted by Crippen LogP contribution is -2.38. The third-order valence-electron chi connectivity index (χ3n) is 6.35. The molecule has 2 heterocycles. The molecule has 150 valence electrons. The molecular formula is C22H35N3O2. The summed E-state index contributed by atoms with van der Waals surface area (Å²) in [5.74, 6) is 1.27. The van der Waals surface area contributed by atoms with Gasteiger partial charge in [-0.15, -0.1) is 0 Å². The van der Waals surface area contributed by atoms with Crippen LogP contribution in [0.3, 0.4) is 0 Å². The highest BCUT2D eigenvalue weighted by Gasteiger charge is 2.37. The van der Waals surface area contributed by atoms with Gasteiger partial charge in [-0.25, -0.2) is 4.98 Å². The number of hydrogen-bond donors (Lipinski definition) is 1. The molecule has 27 heavy (non-hydrogen) atoms. The van der Waals surface area contributed by atoms with Crippen LogP contribution in [0, 0.1) is 5.41 Å². The van der Waals surface area contributed by atoms with Crippen molar-refractivity contribution in [2.75, 3.05) is 31.6 Å². The number of nitrogens with zero attached hydrogens (tertiary/aromatic N) is 2. The Morgan fingerprint density at radius 3 is 2.59 bits per heavy atom. The largest absolute Gasteiger partial charge is 0.379 e. The number of amides is 1. The van der Waals surface area contributed by atoms with Crippen molar-refractivity contribution >= 4 is 11.7 Å². The maximum absolute atomic E-state index is 13.1. The molecule has 1 aromatic rings. The quantitative estimate of drug-likeness (QED) is 0.806. The molecule has 5 heteroatoms. The van der Waals surface area contributed by atoms with Gasteiger partial charge in [0.15, 0.2) is 0 Å². The van der Waals surface area contributed by atoms with E-state index < -0.39 is 0 Å². The van der Waals surface area contributed by atoms with Crippen LogP contribution in [-0.4, -0.2) is 42.1 Å². The third-order valence-corrected chi connectivity index (χ3v) is 6.35. The molecule has 0 radical (unpaired) electrons. The normalized spacial score (nSPS) is 20.6. The molecule has 1 saturated carbocycles. The fraction of sp³-hybridized carbons (Fsp3) is 0.727. The summed E-state index contributed by atoms with van der Waals surface area (Å²) in [6, 6.07) is 2.09. The number of hydrogen-bond acceptors (Lipinski definition) is 4. The molecule has 0 atom stereocenters. The van der Waals surface area contributed by atoms with Crippen molar-refractivity contribution < 1.29 is 9.53 Å². The first-order chi connectivity index (χ1) is 13.0. The number of carbonyl (C=O) groups excluding carboxylic acids is 1. The maximum atomic E-state index is 13.1. The van der Waals surface area contributed by atoms with Gasteiger partial charge in [0.1, 0.15) is 5.82 Å². The van der Waals surface area contributed by atoms with Crippen LogP contribution >= 0.6 is 0 Å². The molecule has 1 aliphatic heterocycles. The number of aromatic nitrogens is 1. The van der Waals surface area contributed by atoms with E-state index in [4.69, 9.17) is 4.74 Å². The molecule has 0 aromatic carbocycles. The zero-order valence-electron chi connectivity index (χ0n) is 17.2. The second-order valence-electron chi connectivity index (χ2n) is 8.46. The van der Waals surface area contributed by atoms with Crippen LogP contribution in [0.1, 0.15) is 76.3 Å². The minimum Gasteiger partial charge on any atom is -0.379 e. The van der Waals surface area contributed by atoms with Crippen LogP contribution in [0.2, 0.25) is 0 Å². The molecule has 3 rings (SSSR count). The van der Waals surface area contributed by atoms with Crippen LogP contribution in [0.25, 0.3) is 0 Å². The Morgan fingerprint density at radius 1 is 1.26 bits per heavy atom. The molecule has 0 unspecified atom stereocenters. The van der Waals surface area contributed by atoms with Crippen LogP contribution in [0.15, 0.2) is 12.3 Å². The molecule has 1 aliphatic carbocycles. The van der Waals surface area contributed by atoms with Crippen LogP contribution in [0.4, 0.5) is 5.82 Å². The highest BCUT2D eigenvalue weighted by Crippen LogP contribution is 2.40. The molecule has 0 spiro atoms. The Bertz CT molecular complexity index is 632. The van der Waals surface area contributed by atoms with Gasteiger partial charge in [0.25, 0.3) is 0 Å². The third kappa shape index (κ3) is 4.88. The fourth-order valence-electron chi connectivity index (χ4n) is 4.45. The van der Waals surface area contributed by atoms with E-state index in [2.05, 4.69) is 42.0 Å². The van der Waals surface area contributed by atoms with E-state index in [0.29, 0.717) is 11.7 Å². The predicted molar refractivity (Wildman–Crippen MR) is 109 cm³/mol. The molecule has 1 aromatic heterocycles. The minimum absolute atomic E-state index is 0.159. The zero-order valence-corrected chi connectivity index (χ0v) is 17.2. The van der Waals surface area contributed by atoms with Crippen LogP contribution in [-0.2, 0) is 16.1 Å². The highest BCUT2D eigenvalue weighted by atomic mass is 16.5. The van der Waals surface area contributed by atoms with Crippen molar-refractivity contribution in [2.45, 2.75) is 71.8 Å². The number of morpholine rings is 1. The lowest BCUT2D eigenvalue weighted by molar-refractivity contribution is -0.127. The number of anilines is 1. The Kier molecular flexibility index (Phi) is 6.88. The second-order valence-corrected chi connectivity index (χ2v) is 8.46. The summed E-state index contributed by atoms with van der Waals surface area (Å²) in [5, 5.41) is 3.15. The Balaban J connectivity index is 1.76. The number of ether oxygens (including phenoxy) is 1. The molecule has 5 nitrogen and oxygen atoms in total. The monoisotopic (exact) mass is 373 g/mol. The van der Waals surface area contributed by atoms with E-state index in [0.717, 1.165) is 65.0 Å². The first-order valence-corrected chi connectivity index (χ1v) is 10.6. The van der Waals surface area contributed by atoms with Crippen molar-refractivity contribution in [1.82, 2.24) is 9.88 Å². The average molecular weight is 374 g/mol. The lowest BCUT2D eigenvalue weighted by atomic mass is 9.71. The predicted octanol–water partition coefficient (Wildman–Crippen LogP) is 4.34. The van der Waals surface area contributed by atoms with Gasteiger partial charge in [0.05, 0.1) is 13.2 Å². The highest BCUT2D eigenvalue weighted by molar-refractivity contribution is 5.94. The van der Waals surface area contributed by atoms with Gasteiger partial charge < -0.3 is 10.1 Å². The molecule has 0 bridgehead atoms. The van der Waals surface area contributed by atoms with E-state index in [-0.39, 0.29) is 11.3 Å². The summed E-state index contributed by atoms with van der Waals surface area (Å²) in [7, 11) is 0. The van der Waals surface area contributed by atoms with Gasteiger partial charge in [-0.05, 0) is 42.4 Å². The summed E-state index contributed by atoms with van der Waals surface area (Å²) in [6.07, 6.45) is 8.42. The fourth-order valence-corrected chi connectivity index (χ4v) is 4.45. The number of carbonyl (C=O) groups is 1. The Hall–Kier alpha value is -1.46. The lowest BCUT2D eigenvalue weighted by Gasteiger charge is -2.34. The smallest absolute Gasteiger partial charge is 0.231 e. The second kappa shape index (κ2) is 9.16. The molecule has 1 saturated heterocycles. The first kappa shape index (κ1) is 20.3. The van der Waals surface area contributed by atoms with Gasteiger partial charge in [-0.2, -0.15) is 0 Å². The summed E-state index contributed by atoms with van der Waals surface area (Å²) in [5.41, 5.74) is 2.33. The number of nitrogens with one attached hydrogen (secondary N) is 1. The van der Waals surface area contributed by atoms with Crippen molar-refractivity contribution in [2.24, 2.45) is 5.41 Å². The molecule has 1 N–H and O–H groups in total.